The zero-order valence-corrected chi connectivity index (χ0v) is 17.1. The summed E-state index contributed by atoms with van der Waals surface area (Å²) in [5, 5.41) is 19.8. The molecule has 0 aliphatic carbocycles. The topological polar surface area (TPSA) is 90.4 Å². The zero-order valence-electron chi connectivity index (χ0n) is 17.1. The molecule has 30 heavy (non-hydrogen) atoms. The first-order valence-electron chi connectivity index (χ1n) is 10.0. The van der Waals surface area contributed by atoms with Gasteiger partial charge >= 0.3 is 0 Å². The minimum Gasteiger partial charge on any atom is -0.396 e. The van der Waals surface area contributed by atoms with Gasteiger partial charge in [-0.25, -0.2) is 4.39 Å². The fraction of sp³-hybridized carbons (Fsp3) is 0.333. The van der Waals surface area contributed by atoms with Crippen LogP contribution in [0.1, 0.15) is 31.7 Å². The first-order chi connectivity index (χ1) is 14.3. The second kappa shape index (κ2) is 9.32. The molecule has 3 rings (SSSR count). The number of rotatable bonds is 8. The highest BCUT2D eigenvalue weighted by Gasteiger charge is 2.28. The lowest BCUT2D eigenvalue weighted by Gasteiger charge is -2.21. The van der Waals surface area contributed by atoms with Crippen LogP contribution >= 0.6 is 0 Å². The number of aliphatic hydroxyl groups excluding tert-OH is 2. The lowest BCUT2D eigenvalue weighted by atomic mass is 9.82. The van der Waals surface area contributed by atoms with Gasteiger partial charge in [0.1, 0.15) is 11.6 Å². The summed E-state index contributed by atoms with van der Waals surface area (Å²) >= 11 is 0. The summed E-state index contributed by atoms with van der Waals surface area (Å²) in [5.41, 5.74) is 1.18. The predicted molar refractivity (Wildman–Crippen MR) is 115 cm³/mol. The van der Waals surface area contributed by atoms with Crippen molar-refractivity contribution in [2.75, 3.05) is 13.2 Å². The van der Waals surface area contributed by atoms with Gasteiger partial charge in [0.25, 0.3) is 5.56 Å². The van der Waals surface area contributed by atoms with Crippen LogP contribution in [-0.4, -0.2) is 34.2 Å². The van der Waals surface area contributed by atoms with Crippen molar-refractivity contribution < 1.29 is 19.4 Å². The van der Waals surface area contributed by atoms with E-state index < -0.39 is 11.8 Å². The lowest BCUT2D eigenvalue weighted by Crippen LogP contribution is -2.28. The lowest BCUT2D eigenvalue weighted by molar-refractivity contribution is -0.123. The number of benzene rings is 2. The summed E-state index contributed by atoms with van der Waals surface area (Å²) < 4.78 is 14.1. The van der Waals surface area contributed by atoms with Crippen LogP contribution < -0.4 is 5.56 Å². The van der Waals surface area contributed by atoms with Gasteiger partial charge in [0.05, 0.1) is 5.92 Å². The minimum atomic E-state index is -0.641. The largest absolute Gasteiger partial charge is 0.396 e. The van der Waals surface area contributed by atoms with Crippen molar-refractivity contribution in [1.29, 1.82) is 0 Å². The summed E-state index contributed by atoms with van der Waals surface area (Å²) in [6.45, 7) is 3.13. The van der Waals surface area contributed by atoms with Gasteiger partial charge in [0.2, 0.25) is 0 Å². The quantitative estimate of drug-likeness (QED) is 0.528. The molecule has 1 heterocycles. The molecule has 5 nitrogen and oxygen atoms in total. The Hall–Kier alpha value is -2.83. The molecule has 0 bridgehead atoms. The Morgan fingerprint density at radius 2 is 1.80 bits per heavy atom. The first kappa shape index (κ1) is 21.9. The number of pyridine rings is 1. The number of hydrogen-bond donors (Lipinski definition) is 3. The number of Topliss-reactive ketones (excluding diaryl/α,β-unsaturated/α-hetero) is 1. The SMILES string of the molecule is CC(C)C(C(=O)CC(CO)CO)c1ccc(-c2ccc3cccc(F)c3c2)[nH]c1=O. The summed E-state index contributed by atoms with van der Waals surface area (Å²) in [6.07, 6.45) is 0.000982. The number of carbonyl (C=O) groups excluding carboxylic acids is 1. The van der Waals surface area contributed by atoms with Gasteiger partial charge in [0.15, 0.2) is 0 Å². The maximum Gasteiger partial charge on any atom is 0.252 e. The number of nitrogens with one attached hydrogen (secondary N) is 1. The Bertz CT molecular complexity index is 1100. The molecular weight excluding hydrogens is 385 g/mol. The highest BCUT2D eigenvalue weighted by Crippen LogP contribution is 2.28. The summed E-state index contributed by atoms with van der Waals surface area (Å²) in [5.74, 6) is -1.83. The van der Waals surface area contributed by atoms with Gasteiger partial charge in [-0.3, -0.25) is 9.59 Å². The third-order valence-electron chi connectivity index (χ3n) is 5.43. The molecule has 0 aliphatic heterocycles. The van der Waals surface area contributed by atoms with Crippen LogP contribution in [0.25, 0.3) is 22.0 Å². The van der Waals surface area contributed by atoms with E-state index in [-0.39, 0.29) is 42.7 Å². The van der Waals surface area contributed by atoms with Crippen molar-refractivity contribution in [2.24, 2.45) is 11.8 Å². The van der Waals surface area contributed by atoms with E-state index in [9.17, 15) is 24.2 Å². The van der Waals surface area contributed by atoms with Gasteiger partial charge in [-0.15, -0.1) is 0 Å². The van der Waals surface area contributed by atoms with E-state index >= 15 is 0 Å². The van der Waals surface area contributed by atoms with E-state index in [1.165, 1.54) is 6.07 Å². The molecule has 1 atom stereocenters. The molecule has 3 N–H and O–H groups in total. The van der Waals surface area contributed by atoms with E-state index in [1.807, 2.05) is 26.0 Å². The van der Waals surface area contributed by atoms with E-state index in [1.54, 1.807) is 30.3 Å². The number of aromatic amines is 1. The molecule has 0 fully saturated rings. The van der Waals surface area contributed by atoms with Gasteiger partial charge in [-0.05, 0) is 35.1 Å². The second-order valence-corrected chi connectivity index (χ2v) is 7.96. The van der Waals surface area contributed by atoms with Gasteiger partial charge in [-0.1, -0.05) is 44.2 Å². The van der Waals surface area contributed by atoms with Crippen molar-refractivity contribution in [3.63, 3.8) is 0 Å². The highest BCUT2D eigenvalue weighted by molar-refractivity contribution is 5.88. The van der Waals surface area contributed by atoms with Crippen LogP contribution in [-0.2, 0) is 4.79 Å². The number of carbonyl (C=O) groups is 1. The molecule has 0 saturated heterocycles. The molecule has 0 aliphatic rings. The molecule has 1 unspecified atom stereocenters. The maximum atomic E-state index is 14.1. The molecule has 0 radical (unpaired) electrons. The molecule has 0 amide bonds. The average Bonchev–Trinajstić information content (AvgIpc) is 2.73. The Kier molecular flexibility index (Phi) is 6.80. The number of aromatic nitrogens is 1. The number of hydrogen-bond acceptors (Lipinski definition) is 4. The maximum absolute atomic E-state index is 14.1. The van der Waals surface area contributed by atoms with E-state index in [2.05, 4.69) is 4.98 Å². The Morgan fingerprint density at radius 3 is 2.43 bits per heavy atom. The van der Waals surface area contributed by atoms with Crippen LogP contribution in [0.5, 0.6) is 0 Å². The highest BCUT2D eigenvalue weighted by atomic mass is 19.1. The monoisotopic (exact) mass is 411 g/mol. The summed E-state index contributed by atoms with van der Waals surface area (Å²) in [7, 11) is 0. The number of ketones is 1. The van der Waals surface area contributed by atoms with Crippen LogP contribution in [0.3, 0.4) is 0 Å². The van der Waals surface area contributed by atoms with E-state index in [4.69, 9.17) is 0 Å². The van der Waals surface area contributed by atoms with Crippen LogP contribution in [0.2, 0.25) is 0 Å². The second-order valence-electron chi connectivity index (χ2n) is 7.96. The third kappa shape index (κ3) is 4.50. The minimum absolute atomic E-state index is 0.000982. The van der Waals surface area contributed by atoms with Gasteiger partial charge in [0, 0.05) is 42.2 Å². The average molecular weight is 411 g/mol. The number of halogens is 1. The Balaban J connectivity index is 1.96. The van der Waals surface area contributed by atoms with Crippen molar-refractivity contribution in [2.45, 2.75) is 26.2 Å². The Morgan fingerprint density at radius 1 is 1.07 bits per heavy atom. The normalized spacial score (nSPS) is 12.6. The predicted octanol–water partition coefficient (Wildman–Crippen LogP) is 3.63. The molecule has 0 spiro atoms. The van der Waals surface area contributed by atoms with Crippen molar-refractivity contribution >= 4 is 16.6 Å². The van der Waals surface area contributed by atoms with Crippen molar-refractivity contribution in [3.05, 3.63) is 70.3 Å². The van der Waals surface area contributed by atoms with E-state index in [0.717, 1.165) is 5.39 Å². The zero-order chi connectivity index (χ0) is 21.8. The first-order valence-corrected chi connectivity index (χ1v) is 10.0. The fourth-order valence-electron chi connectivity index (χ4n) is 3.80. The molecule has 6 heteroatoms. The fourth-order valence-corrected chi connectivity index (χ4v) is 3.80. The molecule has 1 aromatic heterocycles. The molecule has 0 saturated carbocycles. The molecule has 2 aromatic carbocycles. The third-order valence-corrected chi connectivity index (χ3v) is 5.43. The van der Waals surface area contributed by atoms with Gasteiger partial charge < -0.3 is 15.2 Å². The van der Waals surface area contributed by atoms with Crippen molar-refractivity contribution in [1.82, 2.24) is 4.98 Å². The van der Waals surface area contributed by atoms with Crippen LogP contribution in [0, 0.1) is 17.7 Å². The number of H-pyrrole nitrogens is 1. The van der Waals surface area contributed by atoms with Gasteiger partial charge in [-0.2, -0.15) is 0 Å². The molecule has 158 valence electrons. The standard InChI is InChI=1S/C24H26FNO4/c1-14(2)23(22(29)10-15(12-27)13-28)18-8-9-21(26-24(18)30)17-7-6-16-4-3-5-20(25)19(16)11-17/h3-9,11,14-15,23,27-28H,10,12-13H2,1-2H3,(H,26,30). The molecular formula is C24H26FNO4. The number of fused-ring (bicyclic) bond motifs is 1. The van der Waals surface area contributed by atoms with E-state index in [0.29, 0.717) is 22.2 Å². The molecule has 3 aromatic rings. The smallest absolute Gasteiger partial charge is 0.252 e. The number of aliphatic hydroxyl groups is 2. The summed E-state index contributed by atoms with van der Waals surface area (Å²) in [6, 6.07) is 13.5. The Labute approximate surface area is 174 Å². The van der Waals surface area contributed by atoms with Crippen LogP contribution in [0.15, 0.2) is 53.3 Å². The van der Waals surface area contributed by atoms with Crippen LogP contribution in [0.4, 0.5) is 4.39 Å². The summed E-state index contributed by atoms with van der Waals surface area (Å²) in [4.78, 5) is 28.4. The van der Waals surface area contributed by atoms with Crippen molar-refractivity contribution in [3.8, 4) is 11.3 Å².